The van der Waals surface area contributed by atoms with Gasteiger partial charge in [0.05, 0.1) is 85.7 Å². The molecule has 0 radical (unpaired) electrons. The van der Waals surface area contributed by atoms with Crippen LogP contribution < -0.4 is 10.6 Å². The van der Waals surface area contributed by atoms with Crippen LogP contribution in [0.4, 0.5) is 10.5 Å². The van der Waals surface area contributed by atoms with E-state index in [1.807, 2.05) is 0 Å². The first-order valence-corrected chi connectivity index (χ1v) is 12.4. The molecule has 14 heteroatoms. The molecule has 0 saturated heterocycles. The fraction of sp³-hybridized carbons (Fsp3) is 0.667. The quantitative estimate of drug-likeness (QED) is 0.0862. The van der Waals surface area contributed by atoms with Gasteiger partial charge in [0, 0.05) is 24.2 Å². The third-order valence-electron chi connectivity index (χ3n) is 4.54. The first-order chi connectivity index (χ1) is 18.7. The van der Waals surface area contributed by atoms with Gasteiger partial charge in [-0.2, -0.15) is 0 Å². The Labute approximate surface area is 222 Å². The molecule has 38 heavy (non-hydrogen) atoms. The molecular weight excluding hydrogens is 502 g/mol. The number of azide groups is 1. The van der Waals surface area contributed by atoms with Crippen molar-refractivity contribution in [3.05, 3.63) is 40.3 Å². The van der Waals surface area contributed by atoms with Gasteiger partial charge in [-0.1, -0.05) is 17.2 Å². The number of nitrogens with zero attached hydrogens (tertiary/aromatic N) is 3. The van der Waals surface area contributed by atoms with Gasteiger partial charge in [0.2, 0.25) is 5.91 Å². The predicted octanol–water partition coefficient (Wildman–Crippen LogP) is 2.28. The average molecular weight is 542 g/mol. The van der Waals surface area contributed by atoms with Crippen molar-refractivity contribution in [3.8, 4) is 0 Å². The Hall–Kier alpha value is -2.97. The van der Waals surface area contributed by atoms with Gasteiger partial charge in [-0.25, -0.2) is 4.79 Å². The number of alkyl carbamates (subject to hydrolysis) is 1. The van der Waals surface area contributed by atoms with Crippen LogP contribution in [-0.4, -0.2) is 105 Å². The molecule has 0 heterocycles. The van der Waals surface area contributed by atoms with Crippen LogP contribution in [0.1, 0.15) is 12.0 Å². The highest BCUT2D eigenvalue weighted by Crippen LogP contribution is 2.11. The van der Waals surface area contributed by atoms with Gasteiger partial charge in [0.25, 0.3) is 0 Å². The molecule has 0 aliphatic heterocycles. The highest BCUT2D eigenvalue weighted by Gasteiger charge is 2.04. The van der Waals surface area contributed by atoms with Gasteiger partial charge >= 0.3 is 6.09 Å². The van der Waals surface area contributed by atoms with Gasteiger partial charge in [0.1, 0.15) is 6.61 Å². The summed E-state index contributed by atoms with van der Waals surface area (Å²) in [5, 5.41) is 8.52. The lowest BCUT2D eigenvalue weighted by Crippen LogP contribution is -2.18. The Kier molecular flexibility index (Phi) is 21.2. The standard InChI is InChI=1S/C24H39N5O9/c1-26-24(31)38-20-21-2-4-22(5-3-21)28-23(30)6-8-32-10-12-34-14-16-36-18-19-37-17-15-35-13-11-33-9-7-27-29-25/h2-5H,6-20H2,1H3,(H,26,31)(H,28,30). The molecule has 1 rings (SSSR count). The second-order valence-electron chi connectivity index (χ2n) is 7.45. The van der Waals surface area contributed by atoms with E-state index in [0.29, 0.717) is 84.9 Å². The molecule has 0 fully saturated rings. The molecule has 0 unspecified atom stereocenters. The molecule has 14 nitrogen and oxygen atoms in total. The van der Waals surface area contributed by atoms with Crippen LogP contribution in [0.25, 0.3) is 10.4 Å². The number of hydrogen-bond acceptors (Lipinski definition) is 10. The van der Waals surface area contributed by atoms with Crippen molar-refractivity contribution in [3.63, 3.8) is 0 Å². The minimum Gasteiger partial charge on any atom is -0.445 e. The maximum atomic E-state index is 12.0. The van der Waals surface area contributed by atoms with Crippen molar-refractivity contribution < 1.29 is 42.7 Å². The average Bonchev–Trinajstić information content (AvgIpc) is 2.93. The normalized spacial score (nSPS) is 10.6. The zero-order valence-electron chi connectivity index (χ0n) is 21.9. The van der Waals surface area contributed by atoms with E-state index in [1.54, 1.807) is 24.3 Å². The molecule has 0 bridgehead atoms. The Morgan fingerprint density at radius 2 is 1.24 bits per heavy atom. The lowest BCUT2D eigenvalue weighted by atomic mass is 10.2. The Bertz CT molecular complexity index is 792. The van der Waals surface area contributed by atoms with E-state index in [1.165, 1.54) is 7.05 Å². The van der Waals surface area contributed by atoms with E-state index in [4.69, 9.17) is 38.7 Å². The third kappa shape index (κ3) is 20.1. The summed E-state index contributed by atoms with van der Waals surface area (Å²) in [5.41, 5.74) is 9.59. The number of benzene rings is 1. The van der Waals surface area contributed by atoms with E-state index in [-0.39, 0.29) is 25.5 Å². The third-order valence-corrected chi connectivity index (χ3v) is 4.54. The van der Waals surface area contributed by atoms with Crippen molar-refractivity contribution in [1.82, 2.24) is 5.32 Å². The van der Waals surface area contributed by atoms with E-state index in [9.17, 15) is 9.59 Å². The van der Waals surface area contributed by atoms with Crippen molar-refractivity contribution >= 4 is 17.7 Å². The predicted molar refractivity (Wildman–Crippen MR) is 138 cm³/mol. The van der Waals surface area contributed by atoms with Gasteiger partial charge in [0.15, 0.2) is 0 Å². The van der Waals surface area contributed by atoms with Crippen LogP contribution in [0.5, 0.6) is 0 Å². The fourth-order valence-corrected chi connectivity index (χ4v) is 2.65. The van der Waals surface area contributed by atoms with Crippen molar-refractivity contribution in [2.45, 2.75) is 13.0 Å². The Morgan fingerprint density at radius 1 is 0.763 bits per heavy atom. The van der Waals surface area contributed by atoms with Crippen molar-refractivity contribution in [2.24, 2.45) is 5.11 Å². The van der Waals surface area contributed by atoms with E-state index < -0.39 is 6.09 Å². The largest absolute Gasteiger partial charge is 0.445 e. The SMILES string of the molecule is CNC(=O)OCc1ccc(NC(=O)CCOCCOCCOCCOCCOCCOCCN=[N+]=[N-])cc1. The summed E-state index contributed by atoms with van der Waals surface area (Å²) in [6.45, 7) is 5.59. The summed E-state index contributed by atoms with van der Waals surface area (Å²) in [7, 11) is 1.49. The number of hydrogen-bond donors (Lipinski definition) is 2. The first kappa shape index (κ1) is 33.1. The summed E-state index contributed by atoms with van der Waals surface area (Å²) in [5.74, 6) is -0.157. The zero-order valence-corrected chi connectivity index (χ0v) is 21.9. The fourth-order valence-electron chi connectivity index (χ4n) is 2.65. The lowest BCUT2D eigenvalue weighted by Gasteiger charge is -2.09. The summed E-state index contributed by atoms with van der Waals surface area (Å²) < 4.78 is 37.1. The molecule has 0 aliphatic carbocycles. The zero-order chi connectivity index (χ0) is 27.5. The van der Waals surface area contributed by atoms with Gasteiger partial charge in [-0.05, 0) is 23.2 Å². The molecule has 1 aromatic rings. The molecule has 1 aromatic carbocycles. The van der Waals surface area contributed by atoms with Crippen LogP contribution in [0, 0.1) is 0 Å². The van der Waals surface area contributed by atoms with E-state index >= 15 is 0 Å². The number of nitrogens with one attached hydrogen (secondary N) is 2. The van der Waals surface area contributed by atoms with Crippen LogP contribution in [-0.2, 0) is 44.6 Å². The summed E-state index contributed by atoms with van der Waals surface area (Å²) >= 11 is 0. The maximum absolute atomic E-state index is 12.0. The van der Waals surface area contributed by atoms with E-state index in [2.05, 4.69) is 20.7 Å². The number of rotatable bonds is 24. The number of amides is 2. The maximum Gasteiger partial charge on any atom is 0.407 e. The van der Waals surface area contributed by atoms with Crippen molar-refractivity contribution in [2.75, 3.05) is 98.2 Å². The van der Waals surface area contributed by atoms with Crippen LogP contribution in [0.2, 0.25) is 0 Å². The first-order valence-electron chi connectivity index (χ1n) is 12.4. The minimum absolute atomic E-state index is 0.155. The smallest absolute Gasteiger partial charge is 0.407 e. The minimum atomic E-state index is -0.498. The number of ether oxygens (including phenoxy) is 7. The molecule has 0 spiro atoms. The summed E-state index contributed by atoms with van der Waals surface area (Å²) in [6.07, 6.45) is -0.274. The van der Waals surface area contributed by atoms with Crippen LogP contribution in [0.3, 0.4) is 0 Å². The highest BCUT2D eigenvalue weighted by atomic mass is 16.6. The molecule has 0 saturated carbocycles. The summed E-state index contributed by atoms with van der Waals surface area (Å²) in [6, 6.07) is 7.04. The molecule has 2 amide bonds. The van der Waals surface area contributed by atoms with Gasteiger partial charge in [-0.15, -0.1) is 0 Å². The molecule has 0 aromatic heterocycles. The number of carbonyl (C=O) groups is 2. The van der Waals surface area contributed by atoms with Crippen molar-refractivity contribution in [1.29, 1.82) is 0 Å². The monoisotopic (exact) mass is 541 g/mol. The van der Waals surface area contributed by atoms with Crippen LogP contribution >= 0.6 is 0 Å². The second-order valence-corrected chi connectivity index (χ2v) is 7.45. The summed E-state index contributed by atoms with van der Waals surface area (Å²) in [4.78, 5) is 25.7. The van der Waals surface area contributed by atoms with Crippen LogP contribution in [0.15, 0.2) is 29.4 Å². The lowest BCUT2D eigenvalue weighted by molar-refractivity contribution is -0.117. The number of carbonyl (C=O) groups excluding carboxylic acids is 2. The molecule has 0 atom stereocenters. The van der Waals surface area contributed by atoms with Gasteiger partial charge in [-0.3, -0.25) is 4.79 Å². The highest BCUT2D eigenvalue weighted by molar-refractivity contribution is 5.90. The molecule has 214 valence electrons. The van der Waals surface area contributed by atoms with Gasteiger partial charge < -0.3 is 43.8 Å². The molecule has 0 aliphatic rings. The second kappa shape index (κ2) is 24.4. The Morgan fingerprint density at radius 3 is 1.71 bits per heavy atom. The topological polar surface area (TPSA) is 172 Å². The molecule has 2 N–H and O–H groups in total. The van der Waals surface area contributed by atoms with E-state index in [0.717, 1.165) is 5.56 Å². The number of anilines is 1. The Balaban J connectivity index is 1.83. The molecular formula is C24H39N5O9.